The van der Waals surface area contributed by atoms with Gasteiger partial charge in [0, 0.05) is 26.8 Å². The molecule has 0 aliphatic carbocycles. The highest BCUT2D eigenvalue weighted by atomic mass is 19.1. The largest absolute Gasteiger partial charge is 0.384 e. The van der Waals surface area contributed by atoms with Crippen LogP contribution in [0, 0.1) is 23.1 Å². The van der Waals surface area contributed by atoms with Gasteiger partial charge >= 0.3 is 0 Å². The number of benzene rings is 1. The van der Waals surface area contributed by atoms with E-state index in [1.54, 1.807) is 7.11 Å². The zero-order chi connectivity index (χ0) is 12.7. The van der Waals surface area contributed by atoms with E-state index in [9.17, 15) is 4.39 Å². The summed E-state index contributed by atoms with van der Waals surface area (Å²) in [5.41, 5.74) is 1.20. The number of nitrogens with zero attached hydrogens (tertiary/aromatic N) is 1. The molecule has 4 heteroatoms. The van der Waals surface area contributed by atoms with Crippen LogP contribution in [0.1, 0.15) is 18.1 Å². The van der Waals surface area contributed by atoms with Crippen molar-refractivity contribution >= 4 is 0 Å². The van der Waals surface area contributed by atoms with Crippen LogP contribution in [0.3, 0.4) is 0 Å². The smallest absolute Gasteiger partial charge is 0.123 e. The molecular formula is C13H17FN2O. The predicted octanol–water partition coefficient (Wildman–Crippen LogP) is 2.07. The van der Waals surface area contributed by atoms with Crippen LogP contribution in [0.25, 0.3) is 0 Å². The first-order chi connectivity index (χ1) is 8.17. The summed E-state index contributed by atoms with van der Waals surface area (Å²) in [6.07, 6.45) is 0. The van der Waals surface area contributed by atoms with Crippen LogP contribution >= 0.6 is 0 Å². The summed E-state index contributed by atoms with van der Waals surface area (Å²) in [4.78, 5) is 0. The Labute approximate surface area is 101 Å². The third kappa shape index (κ3) is 4.51. The number of ether oxygens (including phenoxy) is 1. The first-order valence-corrected chi connectivity index (χ1v) is 5.55. The summed E-state index contributed by atoms with van der Waals surface area (Å²) in [5.74, 6) is 0.0739. The van der Waals surface area contributed by atoms with Crippen molar-refractivity contribution in [3.05, 3.63) is 35.1 Å². The second kappa shape index (κ2) is 7.00. The van der Waals surface area contributed by atoms with Crippen molar-refractivity contribution < 1.29 is 9.13 Å². The van der Waals surface area contributed by atoms with E-state index in [0.29, 0.717) is 30.2 Å². The predicted molar refractivity (Wildman–Crippen MR) is 63.9 cm³/mol. The van der Waals surface area contributed by atoms with Gasteiger partial charge in [-0.25, -0.2) is 4.39 Å². The van der Waals surface area contributed by atoms with Crippen molar-refractivity contribution in [3.63, 3.8) is 0 Å². The third-order valence-corrected chi connectivity index (χ3v) is 2.45. The Balaban J connectivity index is 2.51. The molecule has 1 aromatic carbocycles. The topological polar surface area (TPSA) is 45.0 Å². The minimum Gasteiger partial charge on any atom is -0.384 e. The molecule has 0 aliphatic heterocycles. The number of rotatable bonds is 6. The van der Waals surface area contributed by atoms with Gasteiger partial charge in [0.1, 0.15) is 5.82 Å². The van der Waals surface area contributed by atoms with Crippen molar-refractivity contribution in [2.45, 2.75) is 13.5 Å². The Hall–Kier alpha value is -1.44. The Bertz CT molecular complexity index is 401. The second-order valence-electron chi connectivity index (χ2n) is 4.10. The lowest BCUT2D eigenvalue weighted by atomic mass is 10.1. The van der Waals surface area contributed by atoms with Crippen molar-refractivity contribution in [3.8, 4) is 6.07 Å². The molecule has 1 rings (SSSR count). The highest BCUT2D eigenvalue weighted by molar-refractivity contribution is 5.37. The van der Waals surface area contributed by atoms with E-state index in [1.165, 1.54) is 18.2 Å². The van der Waals surface area contributed by atoms with Gasteiger partial charge < -0.3 is 10.1 Å². The molecule has 0 spiro atoms. The fourth-order valence-corrected chi connectivity index (χ4v) is 1.61. The summed E-state index contributed by atoms with van der Waals surface area (Å²) in [6, 6.07) is 6.26. The standard InChI is InChI=1S/C13H17FN2O/c1-10(9-17-2)7-16-8-12-5-13(14)4-3-11(12)6-15/h3-5,10,16H,7-9H2,1-2H3. The number of hydrogen-bond acceptors (Lipinski definition) is 3. The lowest BCUT2D eigenvalue weighted by molar-refractivity contribution is 0.158. The van der Waals surface area contributed by atoms with E-state index >= 15 is 0 Å². The third-order valence-electron chi connectivity index (χ3n) is 2.45. The van der Waals surface area contributed by atoms with E-state index in [4.69, 9.17) is 10.00 Å². The average Bonchev–Trinajstić information content (AvgIpc) is 2.30. The van der Waals surface area contributed by atoms with Crippen LogP contribution in [0.5, 0.6) is 0 Å². The first kappa shape index (κ1) is 13.6. The van der Waals surface area contributed by atoms with Gasteiger partial charge in [-0.2, -0.15) is 5.26 Å². The van der Waals surface area contributed by atoms with E-state index < -0.39 is 0 Å². The summed E-state index contributed by atoms with van der Waals surface area (Å²) in [7, 11) is 1.66. The van der Waals surface area contributed by atoms with Gasteiger partial charge in [0.25, 0.3) is 0 Å². The lowest BCUT2D eigenvalue weighted by Gasteiger charge is -2.12. The minimum absolute atomic E-state index is 0.314. The molecule has 17 heavy (non-hydrogen) atoms. The first-order valence-electron chi connectivity index (χ1n) is 5.55. The number of methoxy groups -OCH3 is 1. The van der Waals surface area contributed by atoms with E-state index in [0.717, 1.165) is 6.54 Å². The molecule has 0 saturated carbocycles. The highest BCUT2D eigenvalue weighted by Gasteiger charge is 2.05. The van der Waals surface area contributed by atoms with Crippen molar-refractivity contribution in [1.82, 2.24) is 5.32 Å². The molecule has 0 fully saturated rings. The van der Waals surface area contributed by atoms with Gasteiger partial charge in [0.2, 0.25) is 0 Å². The maximum Gasteiger partial charge on any atom is 0.123 e. The molecular weight excluding hydrogens is 219 g/mol. The van der Waals surface area contributed by atoms with Crippen molar-refractivity contribution in [2.75, 3.05) is 20.3 Å². The molecule has 0 aromatic heterocycles. The Morgan fingerprint density at radius 2 is 2.29 bits per heavy atom. The zero-order valence-corrected chi connectivity index (χ0v) is 10.2. The van der Waals surface area contributed by atoms with E-state index in [-0.39, 0.29) is 5.82 Å². The number of hydrogen-bond donors (Lipinski definition) is 1. The Kier molecular flexibility index (Phi) is 5.61. The lowest BCUT2D eigenvalue weighted by Crippen LogP contribution is -2.23. The number of nitriles is 1. The molecule has 1 atom stereocenters. The molecule has 0 amide bonds. The number of halogens is 1. The van der Waals surface area contributed by atoms with Gasteiger partial charge in [0.15, 0.2) is 0 Å². The second-order valence-corrected chi connectivity index (χ2v) is 4.10. The monoisotopic (exact) mass is 236 g/mol. The van der Waals surface area contributed by atoms with E-state index in [2.05, 4.69) is 18.3 Å². The fraction of sp³-hybridized carbons (Fsp3) is 0.462. The average molecular weight is 236 g/mol. The van der Waals surface area contributed by atoms with Gasteiger partial charge in [-0.3, -0.25) is 0 Å². The van der Waals surface area contributed by atoms with Crippen molar-refractivity contribution in [2.24, 2.45) is 5.92 Å². The molecule has 0 saturated heterocycles. The van der Waals surface area contributed by atoms with Gasteiger partial charge in [-0.05, 0) is 29.7 Å². The van der Waals surface area contributed by atoms with Crippen LogP contribution in [-0.2, 0) is 11.3 Å². The van der Waals surface area contributed by atoms with Gasteiger partial charge in [-0.15, -0.1) is 0 Å². The normalized spacial score (nSPS) is 12.1. The molecule has 0 radical (unpaired) electrons. The van der Waals surface area contributed by atoms with Crippen LogP contribution in [-0.4, -0.2) is 20.3 Å². The summed E-state index contributed by atoms with van der Waals surface area (Å²) in [5, 5.41) is 12.1. The van der Waals surface area contributed by atoms with Crippen LogP contribution in [0.4, 0.5) is 4.39 Å². The van der Waals surface area contributed by atoms with Crippen molar-refractivity contribution in [1.29, 1.82) is 5.26 Å². The molecule has 1 aromatic rings. The molecule has 0 bridgehead atoms. The molecule has 1 unspecified atom stereocenters. The number of nitrogens with one attached hydrogen (secondary N) is 1. The Morgan fingerprint density at radius 3 is 2.94 bits per heavy atom. The molecule has 3 nitrogen and oxygen atoms in total. The minimum atomic E-state index is -0.314. The summed E-state index contributed by atoms with van der Waals surface area (Å²) < 4.78 is 18.1. The zero-order valence-electron chi connectivity index (χ0n) is 10.2. The molecule has 0 aliphatic rings. The molecule has 92 valence electrons. The maximum atomic E-state index is 13.0. The maximum absolute atomic E-state index is 13.0. The highest BCUT2D eigenvalue weighted by Crippen LogP contribution is 2.10. The fourth-order valence-electron chi connectivity index (χ4n) is 1.61. The Morgan fingerprint density at radius 1 is 1.53 bits per heavy atom. The van der Waals surface area contributed by atoms with Crippen LogP contribution in [0.2, 0.25) is 0 Å². The SMILES string of the molecule is COCC(C)CNCc1cc(F)ccc1C#N. The van der Waals surface area contributed by atoms with Gasteiger partial charge in [0.05, 0.1) is 11.6 Å². The molecule has 1 N–H and O–H groups in total. The quantitative estimate of drug-likeness (QED) is 0.822. The van der Waals surface area contributed by atoms with Crippen LogP contribution in [0.15, 0.2) is 18.2 Å². The summed E-state index contributed by atoms with van der Waals surface area (Å²) in [6.45, 7) is 4.01. The van der Waals surface area contributed by atoms with E-state index in [1.807, 2.05) is 0 Å². The van der Waals surface area contributed by atoms with Gasteiger partial charge in [-0.1, -0.05) is 6.92 Å². The summed E-state index contributed by atoms with van der Waals surface area (Å²) >= 11 is 0. The van der Waals surface area contributed by atoms with Crippen LogP contribution < -0.4 is 5.32 Å². The molecule has 0 heterocycles.